The Morgan fingerprint density at radius 2 is 2.31 bits per heavy atom. The molecule has 1 aromatic heterocycles. The summed E-state index contributed by atoms with van der Waals surface area (Å²) in [5.74, 6) is -0.446. The van der Waals surface area contributed by atoms with E-state index in [1.165, 1.54) is 4.90 Å². The Morgan fingerprint density at radius 1 is 1.69 bits per heavy atom. The van der Waals surface area contributed by atoms with E-state index in [0.717, 1.165) is 0 Å². The third-order valence-corrected chi connectivity index (χ3v) is 1.76. The van der Waals surface area contributed by atoms with E-state index in [0.29, 0.717) is 5.82 Å². The van der Waals surface area contributed by atoms with E-state index >= 15 is 0 Å². The van der Waals surface area contributed by atoms with Crippen LogP contribution in [-0.4, -0.2) is 34.3 Å². The minimum absolute atomic E-state index is 0.215. The third kappa shape index (κ3) is 1.95. The van der Waals surface area contributed by atoms with Crippen LogP contribution in [-0.2, 0) is 4.79 Å². The van der Waals surface area contributed by atoms with Gasteiger partial charge in [-0.2, -0.15) is 4.98 Å². The number of carbonyl (C=O) groups is 1. The second kappa shape index (κ2) is 3.42. The lowest BCUT2D eigenvalue weighted by molar-refractivity contribution is -0.138. The number of carboxylic acid groups (broad SMARTS) is 1. The Morgan fingerprint density at radius 3 is 2.69 bits per heavy atom. The number of hydrogen-bond acceptors (Lipinski definition) is 5. The lowest BCUT2D eigenvalue weighted by atomic mass is 10.3. The van der Waals surface area contributed by atoms with Gasteiger partial charge in [0.1, 0.15) is 6.04 Å². The smallest absolute Gasteiger partial charge is 0.326 e. The van der Waals surface area contributed by atoms with Crippen LogP contribution in [0.4, 0.5) is 6.01 Å². The van der Waals surface area contributed by atoms with Crippen LogP contribution in [0, 0.1) is 6.92 Å². The molecule has 0 aliphatic carbocycles. The quantitative estimate of drug-likeness (QED) is 0.728. The summed E-state index contributed by atoms with van der Waals surface area (Å²) in [7, 11) is 1.59. The normalized spacial score (nSPS) is 12.5. The van der Waals surface area contributed by atoms with E-state index < -0.39 is 12.0 Å². The molecule has 0 fully saturated rings. The molecule has 72 valence electrons. The highest BCUT2D eigenvalue weighted by Crippen LogP contribution is 2.11. The van der Waals surface area contributed by atoms with Gasteiger partial charge in [-0.05, 0) is 13.8 Å². The average Bonchev–Trinajstić information content (AvgIpc) is 2.49. The van der Waals surface area contributed by atoms with Crippen molar-refractivity contribution in [2.24, 2.45) is 0 Å². The van der Waals surface area contributed by atoms with Crippen molar-refractivity contribution in [3.63, 3.8) is 0 Å². The van der Waals surface area contributed by atoms with Crippen molar-refractivity contribution in [1.29, 1.82) is 0 Å². The van der Waals surface area contributed by atoms with Crippen molar-refractivity contribution in [3.05, 3.63) is 5.82 Å². The number of carboxylic acids is 1. The molecule has 1 atom stereocenters. The van der Waals surface area contributed by atoms with Gasteiger partial charge in [0.2, 0.25) is 0 Å². The van der Waals surface area contributed by atoms with Crippen LogP contribution in [0.5, 0.6) is 0 Å². The molecular formula is C7H11N3O3. The maximum atomic E-state index is 10.6. The number of likely N-dealkylation sites (N-methyl/N-ethyl adjacent to an activating group) is 1. The van der Waals surface area contributed by atoms with E-state index in [-0.39, 0.29) is 6.01 Å². The Bertz CT molecular complexity index is 310. The van der Waals surface area contributed by atoms with Crippen LogP contribution in [0.2, 0.25) is 0 Å². The molecule has 1 heterocycles. The fourth-order valence-corrected chi connectivity index (χ4v) is 0.761. The van der Waals surface area contributed by atoms with Gasteiger partial charge in [0.05, 0.1) is 0 Å². The van der Waals surface area contributed by atoms with E-state index in [2.05, 4.69) is 10.1 Å². The van der Waals surface area contributed by atoms with Crippen LogP contribution in [0.1, 0.15) is 12.7 Å². The number of nitrogens with zero attached hydrogens (tertiary/aromatic N) is 3. The van der Waals surface area contributed by atoms with E-state index in [1.807, 2.05) is 0 Å². The second-order valence-electron chi connectivity index (χ2n) is 2.75. The summed E-state index contributed by atoms with van der Waals surface area (Å²) in [6, 6.07) is -0.466. The van der Waals surface area contributed by atoms with E-state index in [4.69, 9.17) is 9.63 Å². The zero-order valence-electron chi connectivity index (χ0n) is 7.68. The van der Waals surface area contributed by atoms with Gasteiger partial charge >= 0.3 is 12.0 Å². The van der Waals surface area contributed by atoms with Gasteiger partial charge in [-0.15, -0.1) is 0 Å². The molecule has 0 saturated carbocycles. The summed E-state index contributed by atoms with van der Waals surface area (Å²) in [4.78, 5) is 15.9. The Kier molecular flexibility index (Phi) is 2.50. The molecule has 0 amide bonds. The highest BCUT2D eigenvalue weighted by atomic mass is 16.5. The van der Waals surface area contributed by atoms with Crippen molar-refractivity contribution in [2.75, 3.05) is 11.9 Å². The lowest BCUT2D eigenvalue weighted by Gasteiger charge is -2.17. The summed E-state index contributed by atoms with van der Waals surface area (Å²) in [6.45, 7) is 3.22. The highest BCUT2D eigenvalue weighted by Gasteiger charge is 2.21. The fourth-order valence-electron chi connectivity index (χ4n) is 0.761. The molecule has 1 unspecified atom stereocenters. The molecule has 1 aromatic rings. The van der Waals surface area contributed by atoms with E-state index in [9.17, 15) is 4.79 Å². The highest BCUT2D eigenvalue weighted by molar-refractivity contribution is 5.76. The first-order valence-corrected chi connectivity index (χ1v) is 3.78. The number of anilines is 1. The SMILES string of the molecule is Cc1noc(N(C)C(C)C(=O)O)n1. The zero-order chi connectivity index (χ0) is 10.0. The molecule has 0 radical (unpaired) electrons. The molecule has 0 spiro atoms. The third-order valence-electron chi connectivity index (χ3n) is 1.76. The number of hydrogen-bond donors (Lipinski definition) is 1. The van der Waals surface area contributed by atoms with Crippen LogP contribution in [0.3, 0.4) is 0 Å². The molecule has 0 aliphatic heterocycles. The first kappa shape index (κ1) is 9.50. The Balaban J connectivity index is 2.78. The molecule has 13 heavy (non-hydrogen) atoms. The maximum Gasteiger partial charge on any atom is 0.326 e. The topological polar surface area (TPSA) is 79.5 Å². The van der Waals surface area contributed by atoms with Gasteiger partial charge in [0.25, 0.3) is 0 Å². The summed E-state index contributed by atoms with van der Waals surface area (Å²) in [5.41, 5.74) is 0. The van der Waals surface area contributed by atoms with Gasteiger partial charge in [-0.1, -0.05) is 5.16 Å². The van der Waals surface area contributed by atoms with Crippen LogP contribution in [0.25, 0.3) is 0 Å². The Labute approximate surface area is 75.2 Å². The van der Waals surface area contributed by atoms with Crippen molar-refractivity contribution >= 4 is 12.0 Å². The molecule has 1 N–H and O–H groups in total. The Hall–Kier alpha value is -1.59. The lowest BCUT2D eigenvalue weighted by Crippen LogP contribution is -2.35. The summed E-state index contributed by atoms with van der Waals surface area (Å²) < 4.78 is 4.80. The van der Waals surface area contributed by atoms with Crippen LogP contribution in [0.15, 0.2) is 4.52 Å². The van der Waals surface area contributed by atoms with Gasteiger partial charge < -0.3 is 14.5 Å². The van der Waals surface area contributed by atoms with Crippen molar-refractivity contribution < 1.29 is 14.4 Å². The first-order valence-electron chi connectivity index (χ1n) is 3.78. The van der Waals surface area contributed by atoms with Crippen LogP contribution < -0.4 is 4.90 Å². The van der Waals surface area contributed by atoms with Gasteiger partial charge in [0.15, 0.2) is 5.82 Å². The predicted octanol–water partition coefficient (Wildman–Crippen LogP) is 0.287. The van der Waals surface area contributed by atoms with Gasteiger partial charge in [0, 0.05) is 7.05 Å². The van der Waals surface area contributed by atoms with E-state index in [1.54, 1.807) is 20.9 Å². The predicted molar refractivity (Wildman–Crippen MR) is 44.5 cm³/mol. The molecule has 0 saturated heterocycles. The molecule has 0 bridgehead atoms. The molecule has 6 nitrogen and oxygen atoms in total. The number of aryl methyl sites for hydroxylation is 1. The maximum absolute atomic E-state index is 10.6. The summed E-state index contributed by atoms with van der Waals surface area (Å²) in [5, 5.41) is 12.2. The van der Waals surface area contributed by atoms with Crippen molar-refractivity contribution in [1.82, 2.24) is 10.1 Å². The monoisotopic (exact) mass is 185 g/mol. The average molecular weight is 185 g/mol. The zero-order valence-corrected chi connectivity index (χ0v) is 7.68. The van der Waals surface area contributed by atoms with Crippen LogP contribution >= 0.6 is 0 Å². The second-order valence-corrected chi connectivity index (χ2v) is 2.75. The minimum Gasteiger partial charge on any atom is -0.480 e. The summed E-state index contributed by atoms with van der Waals surface area (Å²) in [6.07, 6.45) is 0. The van der Waals surface area contributed by atoms with Crippen molar-refractivity contribution in [2.45, 2.75) is 19.9 Å². The first-order chi connectivity index (χ1) is 6.02. The van der Waals surface area contributed by atoms with Crippen molar-refractivity contribution in [3.8, 4) is 0 Å². The number of aliphatic carboxylic acids is 1. The standard InChI is InChI=1S/C7H11N3O3/c1-4(6(11)12)10(3)7-8-5(2)9-13-7/h4H,1-3H3,(H,11,12). The molecule has 1 rings (SSSR count). The van der Waals surface area contributed by atoms with Gasteiger partial charge in [-0.25, -0.2) is 4.79 Å². The number of rotatable bonds is 3. The molecule has 0 aliphatic rings. The largest absolute Gasteiger partial charge is 0.480 e. The summed E-state index contributed by atoms with van der Waals surface area (Å²) >= 11 is 0. The molecule has 0 aromatic carbocycles. The number of aromatic nitrogens is 2. The molecule has 6 heteroatoms. The minimum atomic E-state index is -0.932. The van der Waals surface area contributed by atoms with Gasteiger partial charge in [-0.3, -0.25) is 0 Å². The fraction of sp³-hybridized carbons (Fsp3) is 0.571. The molecular weight excluding hydrogens is 174 g/mol.